The Balaban J connectivity index is 2.15. The van der Waals surface area contributed by atoms with E-state index >= 15 is 0 Å². The summed E-state index contributed by atoms with van der Waals surface area (Å²) in [6.07, 6.45) is 0. The number of rotatable bonds is 3. The van der Waals surface area contributed by atoms with Crippen molar-refractivity contribution >= 4 is 29.1 Å². The van der Waals surface area contributed by atoms with Crippen LogP contribution in [0.5, 0.6) is 0 Å². The first-order valence-corrected chi connectivity index (χ1v) is 5.71. The number of benzene rings is 2. The molecule has 0 bridgehead atoms. The van der Waals surface area contributed by atoms with Crippen LogP contribution in [-0.2, 0) is 6.54 Å². The van der Waals surface area contributed by atoms with Crippen LogP contribution in [0.4, 0.5) is 5.69 Å². The maximum atomic E-state index is 6.19. The quantitative estimate of drug-likeness (QED) is 0.727. The first kappa shape index (κ1) is 11.3. The molecule has 0 radical (unpaired) electrons. The van der Waals surface area contributed by atoms with Crippen LogP contribution in [0.2, 0.25) is 5.02 Å². The first-order valence-electron chi connectivity index (χ1n) is 4.99. The molecular formula is C13H11Cl2N. The first-order chi connectivity index (χ1) is 7.77. The summed E-state index contributed by atoms with van der Waals surface area (Å²) >= 11 is 12.3. The summed E-state index contributed by atoms with van der Waals surface area (Å²) < 4.78 is 1.62. The molecule has 82 valence electrons. The molecule has 0 aromatic heterocycles. The SMILES string of the molecule is Clc1ccccc1N(Cl)Cc1ccccc1. The average molecular weight is 252 g/mol. The molecule has 1 nitrogen and oxygen atoms in total. The van der Waals surface area contributed by atoms with Gasteiger partial charge in [-0.15, -0.1) is 0 Å². The summed E-state index contributed by atoms with van der Waals surface area (Å²) in [5, 5.41) is 0.661. The smallest absolute Gasteiger partial charge is 0.0713 e. The average Bonchev–Trinajstić information content (AvgIpc) is 2.31. The lowest BCUT2D eigenvalue weighted by Gasteiger charge is -2.17. The molecule has 3 heteroatoms. The third-order valence-corrected chi connectivity index (χ3v) is 2.90. The minimum absolute atomic E-state index is 0.631. The van der Waals surface area contributed by atoms with Crippen molar-refractivity contribution in [1.29, 1.82) is 0 Å². The van der Waals surface area contributed by atoms with Crippen LogP contribution >= 0.6 is 23.4 Å². The lowest BCUT2D eigenvalue weighted by atomic mass is 10.2. The number of hydrogen-bond acceptors (Lipinski definition) is 1. The van der Waals surface area contributed by atoms with Gasteiger partial charge in [0.15, 0.2) is 0 Å². The molecule has 0 amide bonds. The van der Waals surface area contributed by atoms with Crippen LogP contribution in [0.25, 0.3) is 0 Å². The number of halogens is 2. The summed E-state index contributed by atoms with van der Waals surface area (Å²) in [6.45, 7) is 0.631. The fourth-order valence-corrected chi connectivity index (χ4v) is 2.04. The molecule has 0 N–H and O–H groups in total. The standard InChI is InChI=1S/C13H11Cl2N/c14-12-8-4-5-9-13(12)16(15)10-11-6-2-1-3-7-11/h1-9H,10H2. The van der Waals surface area contributed by atoms with E-state index in [-0.39, 0.29) is 0 Å². The van der Waals surface area contributed by atoms with Gasteiger partial charge in [-0.3, -0.25) is 4.42 Å². The summed E-state index contributed by atoms with van der Waals surface area (Å²) in [5.74, 6) is 0. The van der Waals surface area contributed by atoms with E-state index in [9.17, 15) is 0 Å². The minimum atomic E-state index is 0.631. The summed E-state index contributed by atoms with van der Waals surface area (Å²) in [4.78, 5) is 0. The summed E-state index contributed by atoms with van der Waals surface area (Å²) in [6, 6.07) is 17.6. The lowest BCUT2D eigenvalue weighted by molar-refractivity contribution is 1.05. The van der Waals surface area contributed by atoms with Crippen molar-refractivity contribution in [2.75, 3.05) is 4.42 Å². The highest BCUT2D eigenvalue weighted by molar-refractivity contribution is 6.36. The predicted molar refractivity (Wildman–Crippen MR) is 69.9 cm³/mol. The highest BCUT2D eigenvalue weighted by Gasteiger charge is 2.07. The third-order valence-electron chi connectivity index (χ3n) is 2.28. The molecule has 0 saturated carbocycles. The molecule has 0 fully saturated rings. The number of anilines is 1. The zero-order chi connectivity index (χ0) is 11.4. The highest BCUT2D eigenvalue weighted by atomic mass is 35.5. The number of para-hydroxylation sites is 1. The van der Waals surface area contributed by atoms with Gasteiger partial charge in [0, 0.05) is 11.8 Å². The Hall–Kier alpha value is -1.18. The zero-order valence-corrected chi connectivity index (χ0v) is 10.1. The van der Waals surface area contributed by atoms with Crippen molar-refractivity contribution in [2.24, 2.45) is 0 Å². The van der Waals surface area contributed by atoms with E-state index in [0.29, 0.717) is 11.6 Å². The van der Waals surface area contributed by atoms with Crippen molar-refractivity contribution in [1.82, 2.24) is 0 Å². The van der Waals surface area contributed by atoms with E-state index in [1.807, 2.05) is 54.6 Å². The predicted octanol–water partition coefficient (Wildman–Crippen LogP) is 4.50. The van der Waals surface area contributed by atoms with Crippen LogP contribution in [-0.4, -0.2) is 0 Å². The largest absolute Gasteiger partial charge is 0.279 e. The Kier molecular flexibility index (Phi) is 3.70. The third kappa shape index (κ3) is 2.69. The Labute approximate surface area is 105 Å². The normalized spacial score (nSPS) is 10.1. The Morgan fingerprint density at radius 1 is 0.875 bits per heavy atom. The van der Waals surface area contributed by atoms with Gasteiger partial charge in [0.1, 0.15) is 0 Å². The fraction of sp³-hybridized carbons (Fsp3) is 0.0769. The second kappa shape index (κ2) is 5.24. The van der Waals surface area contributed by atoms with Gasteiger partial charge < -0.3 is 0 Å². The molecule has 0 atom stereocenters. The Morgan fingerprint density at radius 2 is 1.50 bits per heavy atom. The van der Waals surface area contributed by atoms with Gasteiger partial charge in [-0.25, -0.2) is 0 Å². The van der Waals surface area contributed by atoms with Gasteiger partial charge in [0.2, 0.25) is 0 Å². The summed E-state index contributed by atoms with van der Waals surface area (Å²) in [7, 11) is 0. The second-order valence-electron chi connectivity index (χ2n) is 3.46. The molecule has 0 unspecified atom stereocenters. The fourth-order valence-electron chi connectivity index (χ4n) is 1.48. The number of hydrogen-bond donors (Lipinski definition) is 0. The molecular weight excluding hydrogens is 241 g/mol. The molecule has 2 rings (SSSR count). The van der Waals surface area contributed by atoms with Crippen molar-refractivity contribution in [3.05, 3.63) is 65.2 Å². The lowest BCUT2D eigenvalue weighted by Crippen LogP contribution is -2.09. The van der Waals surface area contributed by atoms with Crippen molar-refractivity contribution in [3.63, 3.8) is 0 Å². The number of nitrogens with zero attached hydrogens (tertiary/aromatic N) is 1. The molecule has 16 heavy (non-hydrogen) atoms. The van der Waals surface area contributed by atoms with Crippen molar-refractivity contribution in [3.8, 4) is 0 Å². The van der Waals surface area contributed by atoms with E-state index in [0.717, 1.165) is 11.3 Å². The molecule has 0 aliphatic heterocycles. The van der Waals surface area contributed by atoms with Gasteiger partial charge in [-0.2, -0.15) is 0 Å². The molecule has 0 aliphatic rings. The van der Waals surface area contributed by atoms with Crippen LogP contribution in [0.15, 0.2) is 54.6 Å². The maximum Gasteiger partial charge on any atom is 0.0713 e. The molecule has 0 spiro atoms. The topological polar surface area (TPSA) is 3.24 Å². The van der Waals surface area contributed by atoms with Crippen LogP contribution < -0.4 is 4.42 Å². The molecule has 0 aliphatic carbocycles. The van der Waals surface area contributed by atoms with Gasteiger partial charge in [0.25, 0.3) is 0 Å². The zero-order valence-electron chi connectivity index (χ0n) is 8.61. The molecule has 2 aromatic carbocycles. The van der Waals surface area contributed by atoms with Crippen LogP contribution in [0.3, 0.4) is 0 Å². The van der Waals surface area contributed by atoms with E-state index < -0.39 is 0 Å². The highest BCUT2D eigenvalue weighted by Crippen LogP contribution is 2.27. The van der Waals surface area contributed by atoms with Gasteiger partial charge in [-0.1, -0.05) is 54.1 Å². The van der Waals surface area contributed by atoms with E-state index in [4.69, 9.17) is 23.4 Å². The van der Waals surface area contributed by atoms with Crippen LogP contribution in [0, 0.1) is 0 Å². The van der Waals surface area contributed by atoms with Crippen molar-refractivity contribution < 1.29 is 0 Å². The summed E-state index contributed by atoms with van der Waals surface area (Å²) in [5.41, 5.74) is 1.98. The van der Waals surface area contributed by atoms with Gasteiger partial charge in [-0.05, 0) is 17.7 Å². The van der Waals surface area contributed by atoms with E-state index in [1.165, 1.54) is 0 Å². The van der Waals surface area contributed by atoms with Gasteiger partial charge >= 0.3 is 0 Å². The molecule has 2 aromatic rings. The monoisotopic (exact) mass is 251 g/mol. The Morgan fingerprint density at radius 3 is 2.19 bits per heavy atom. The van der Waals surface area contributed by atoms with E-state index in [2.05, 4.69) is 0 Å². The molecule has 0 heterocycles. The Bertz CT molecular complexity index is 456. The maximum absolute atomic E-state index is 6.19. The second-order valence-corrected chi connectivity index (χ2v) is 4.27. The van der Waals surface area contributed by atoms with Crippen LogP contribution in [0.1, 0.15) is 5.56 Å². The minimum Gasteiger partial charge on any atom is -0.279 e. The van der Waals surface area contributed by atoms with E-state index in [1.54, 1.807) is 4.42 Å². The van der Waals surface area contributed by atoms with Crippen molar-refractivity contribution in [2.45, 2.75) is 6.54 Å². The molecule has 0 saturated heterocycles. The van der Waals surface area contributed by atoms with Gasteiger partial charge in [0.05, 0.1) is 17.3 Å².